The summed E-state index contributed by atoms with van der Waals surface area (Å²) in [5.41, 5.74) is 0.440. The Morgan fingerprint density at radius 3 is 2.43 bits per heavy atom. The largest absolute Gasteiger partial charge is 0.298 e. The van der Waals surface area contributed by atoms with E-state index in [4.69, 9.17) is 0 Å². The summed E-state index contributed by atoms with van der Waals surface area (Å²) in [4.78, 5) is 9.71. The van der Waals surface area contributed by atoms with Gasteiger partial charge in [0.25, 0.3) is 0 Å². The van der Waals surface area contributed by atoms with E-state index in [2.05, 4.69) is 19.2 Å². The number of allylic oxidation sites excluding steroid dienone is 2. The monoisotopic (exact) mass is 114 g/mol. The van der Waals surface area contributed by atoms with Crippen molar-refractivity contribution in [3.63, 3.8) is 0 Å². The summed E-state index contributed by atoms with van der Waals surface area (Å²) in [7, 11) is 0. The maximum Gasteiger partial charge on any atom is 0.149 e. The molecule has 0 heterocycles. The van der Waals surface area contributed by atoms with Crippen LogP contribution in [-0.4, -0.2) is 6.29 Å². The van der Waals surface area contributed by atoms with Crippen molar-refractivity contribution in [3.05, 3.63) is 23.6 Å². The summed E-state index contributed by atoms with van der Waals surface area (Å²) in [6.45, 7) is 3.36. The van der Waals surface area contributed by atoms with Crippen molar-refractivity contribution in [2.75, 3.05) is 0 Å². The van der Waals surface area contributed by atoms with Gasteiger partial charge in [-0.15, -0.1) is 0 Å². The summed E-state index contributed by atoms with van der Waals surface area (Å²) in [5.74, 6) is 0. The van der Waals surface area contributed by atoms with Crippen LogP contribution in [0.1, 0.15) is 0 Å². The zero-order valence-electron chi connectivity index (χ0n) is 3.79. The lowest BCUT2D eigenvalue weighted by Gasteiger charge is -1.74. The molecule has 2 heteroatoms. The lowest BCUT2D eigenvalue weighted by molar-refractivity contribution is -0.104. The number of hydrogen-bond acceptors (Lipinski definition) is 2. The van der Waals surface area contributed by atoms with Crippen LogP contribution in [0.5, 0.6) is 0 Å². The van der Waals surface area contributed by atoms with Crippen LogP contribution in [0.15, 0.2) is 23.6 Å². The predicted octanol–water partition coefficient (Wildman–Crippen LogP) is 1.18. The number of thiol groups is 1. The highest BCUT2D eigenvalue weighted by atomic mass is 32.1. The molecular weight excluding hydrogens is 108 g/mol. The SMILES string of the molecule is C=C(C=O)/C=C\S. The standard InChI is InChI=1S/C5H6OS/c1-5(4-6)2-3-7/h2-4,7H,1H2/b3-2-. The van der Waals surface area contributed by atoms with Gasteiger partial charge in [-0.2, -0.15) is 12.6 Å². The molecule has 0 aromatic carbocycles. The Hall–Kier alpha value is -0.500. The second kappa shape index (κ2) is 3.68. The van der Waals surface area contributed by atoms with Crippen molar-refractivity contribution in [1.29, 1.82) is 0 Å². The summed E-state index contributed by atoms with van der Waals surface area (Å²) >= 11 is 3.71. The van der Waals surface area contributed by atoms with Gasteiger partial charge in [0.05, 0.1) is 0 Å². The minimum absolute atomic E-state index is 0.440. The average Bonchev–Trinajstić information content (AvgIpc) is 1.68. The van der Waals surface area contributed by atoms with Gasteiger partial charge in [-0.1, -0.05) is 6.58 Å². The maximum atomic E-state index is 9.71. The van der Waals surface area contributed by atoms with Crippen molar-refractivity contribution in [2.45, 2.75) is 0 Å². The van der Waals surface area contributed by atoms with Gasteiger partial charge in [-0.05, 0) is 11.5 Å². The van der Waals surface area contributed by atoms with Crippen molar-refractivity contribution < 1.29 is 4.79 Å². The first-order valence-electron chi connectivity index (χ1n) is 1.76. The van der Waals surface area contributed by atoms with Gasteiger partial charge in [0.15, 0.2) is 0 Å². The Morgan fingerprint density at radius 2 is 2.29 bits per heavy atom. The fraction of sp³-hybridized carbons (Fsp3) is 0. The van der Waals surface area contributed by atoms with Gasteiger partial charge < -0.3 is 0 Å². The van der Waals surface area contributed by atoms with E-state index in [0.717, 1.165) is 0 Å². The molecule has 0 aliphatic carbocycles. The third-order valence-corrected chi connectivity index (χ3v) is 0.589. The van der Waals surface area contributed by atoms with E-state index in [1.165, 1.54) is 11.5 Å². The van der Waals surface area contributed by atoms with Gasteiger partial charge in [0.2, 0.25) is 0 Å². The van der Waals surface area contributed by atoms with E-state index >= 15 is 0 Å². The van der Waals surface area contributed by atoms with E-state index in [1.54, 1.807) is 0 Å². The van der Waals surface area contributed by atoms with Crippen molar-refractivity contribution in [1.82, 2.24) is 0 Å². The molecule has 0 radical (unpaired) electrons. The lowest BCUT2D eigenvalue weighted by Crippen LogP contribution is -1.70. The Kier molecular flexibility index (Phi) is 3.42. The van der Waals surface area contributed by atoms with Gasteiger partial charge >= 0.3 is 0 Å². The minimum Gasteiger partial charge on any atom is -0.298 e. The van der Waals surface area contributed by atoms with Crippen molar-refractivity contribution >= 4 is 18.9 Å². The van der Waals surface area contributed by atoms with Crippen LogP contribution in [0.3, 0.4) is 0 Å². The summed E-state index contributed by atoms with van der Waals surface area (Å²) in [6, 6.07) is 0. The fourth-order valence-electron chi connectivity index (χ4n) is 0.135. The smallest absolute Gasteiger partial charge is 0.149 e. The van der Waals surface area contributed by atoms with Crippen molar-refractivity contribution in [3.8, 4) is 0 Å². The lowest BCUT2D eigenvalue weighted by atomic mass is 10.3. The van der Waals surface area contributed by atoms with Crippen LogP contribution in [0.2, 0.25) is 0 Å². The molecule has 7 heavy (non-hydrogen) atoms. The molecule has 0 saturated heterocycles. The van der Waals surface area contributed by atoms with E-state index in [-0.39, 0.29) is 0 Å². The first-order valence-corrected chi connectivity index (χ1v) is 2.27. The number of aldehydes is 1. The van der Waals surface area contributed by atoms with Crippen LogP contribution < -0.4 is 0 Å². The molecule has 0 aromatic heterocycles. The molecular formula is C5H6OS. The van der Waals surface area contributed by atoms with Crippen LogP contribution in [0.4, 0.5) is 0 Å². The molecule has 0 saturated carbocycles. The fourth-order valence-corrected chi connectivity index (χ4v) is 0.326. The second-order valence-electron chi connectivity index (χ2n) is 1.01. The molecule has 38 valence electrons. The third-order valence-electron chi connectivity index (χ3n) is 0.440. The van der Waals surface area contributed by atoms with E-state index in [9.17, 15) is 4.79 Å². The van der Waals surface area contributed by atoms with Crippen LogP contribution in [0, 0.1) is 0 Å². The summed E-state index contributed by atoms with van der Waals surface area (Å²) in [5, 5.41) is 1.47. The van der Waals surface area contributed by atoms with Crippen LogP contribution >= 0.6 is 12.6 Å². The Labute approximate surface area is 48.1 Å². The quantitative estimate of drug-likeness (QED) is 0.247. The molecule has 0 unspecified atom stereocenters. The number of rotatable bonds is 2. The van der Waals surface area contributed by atoms with Crippen molar-refractivity contribution in [2.24, 2.45) is 0 Å². The number of hydrogen-bond donors (Lipinski definition) is 1. The Morgan fingerprint density at radius 1 is 1.71 bits per heavy atom. The van der Waals surface area contributed by atoms with Crippen LogP contribution in [-0.2, 0) is 4.79 Å². The van der Waals surface area contributed by atoms with Gasteiger partial charge in [-0.3, -0.25) is 4.79 Å². The highest BCUT2D eigenvalue weighted by molar-refractivity contribution is 7.83. The molecule has 0 N–H and O–H groups in total. The Bertz CT molecular complexity index is 105. The first kappa shape index (κ1) is 6.50. The number of carbonyl (C=O) groups is 1. The number of carbonyl (C=O) groups excluding carboxylic acids is 1. The highest BCUT2D eigenvalue weighted by Gasteiger charge is 1.75. The second-order valence-corrected chi connectivity index (χ2v) is 1.31. The average molecular weight is 114 g/mol. The van der Waals surface area contributed by atoms with Crippen LogP contribution in [0.25, 0.3) is 0 Å². The van der Waals surface area contributed by atoms with E-state index in [1.807, 2.05) is 0 Å². The summed E-state index contributed by atoms with van der Waals surface area (Å²) in [6.07, 6.45) is 2.20. The molecule has 0 spiro atoms. The summed E-state index contributed by atoms with van der Waals surface area (Å²) < 4.78 is 0. The van der Waals surface area contributed by atoms with Gasteiger partial charge in [0.1, 0.15) is 6.29 Å². The molecule has 0 aromatic rings. The topological polar surface area (TPSA) is 17.1 Å². The first-order chi connectivity index (χ1) is 3.31. The molecule has 0 aliphatic rings. The molecule has 0 atom stereocenters. The minimum atomic E-state index is 0.440. The third kappa shape index (κ3) is 3.33. The van der Waals surface area contributed by atoms with E-state index < -0.39 is 0 Å². The molecule has 0 amide bonds. The van der Waals surface area contributed by atoms with Gasteiger partial charge in [0, 0.05) is 5.57 Å². The predicted molar refractivity (Wildman–Crippen MR) is 33.3 cm³/mol. The highest BCUT2D eigenvalue weighted by Crippen LogP contribution is 1.86. The molecule has 1 nitrogen and oxygen atoms in total. The molecule has 0 aliphatic heterocycles. The zero-order chi connectivity index (χ0) is 5.70. The normalized spacial score (nSPS) is 9.29. The maximum absolute atomic E-state index is 9.71. The van der Waals surface area contributed by atoms with E-state index in [0.29, 0.717) is 11.9 Å². The molecule has 0 fully saturated rings. The van der Waals surface area contributed by atoms with Gasteiger partial charge in [-0.25, -0.2) is 0 Å². The molecule has 0 bridgehead atoms. The molecule has 0 rings (SSSR count). The zero-order valence-corrected chi connectivity index (χ0v) is 4.69. The Balaban J connectivity index is 3.58.